The van der Waals surface area contributed by atoms with E-state index in [1.165, 1.54) is 11.1 Å². The Morgan fingerprint density at radius 1 is 1.11 bits per heavy atom. The van der Waals surface area contributed by atoms with E-state index in [0.717, 1.165) is 16.3 Å². The largest absolute Gasteiger partial charge is 0.448 e. The molecule has 0 spiro atoms. The molecule has 2 rings (SSSR count). The van der Waals surface area contributed by atoms with E-state index in [1.54, 1.807) is 6.07 Å². The second-order valence-electron chi connectivity index (χ2n) is 4.32. The molecular weight excluding hydrogens is 269 g/mol. The summed E-state index contributed by atoms with van der Waals surface area (Å²) in [5.41, 5.74) is 3.37. The molecule has 0 aliphatic carbocycles. The second-order valence-corrected chi connectivity index (χ2v) is 5.10. The van der Waals surface area contributed by atoms with Crippen LogP contribution in [0.15, 0.2) is 28.7 Å². The molecule has 0 saturated heterocycles. The average molecular weight is 284 g/mol. The lowest BCUT2D eigenvalue weighted by Gasteiger charge is -2.17. The predicted molar refractivity (Wildman–Crippen MR) is 75.5 cm³/mol. The molecule has 0 bridgehead atoms. The summed E-state index contributed by atoms with van der Waals surface area (Å²) in [7, 11) is 1.87. The molecule has 0 fully saturated rings. The highest BCUT2D eigenvalue weighted by molar-refractivity contribution is 6.31. The van der Waals surface area contributed by atoms with Crippen LogP contribution < -0.4 is 5.32 Å². The molecule has 0 aliphatic heterocycles. The van der Waals surface area contributed by atoms with Gasteiger partial charge in [0.1, 0.15) is 5.76 Å². The van der Waals surface area contributed by atoms with Crippen LogP contribution in [0.4, 0.5) is 0 Å². The summed E-state index contributed by atoms with van der Waals surface area (Å²) in [6, 6.07) is 7.55. The van der Waals surface area contributed by atoms with Gasteiger partial charge < -0.3 is 9.73 Å². The first-order valence-corrected chi connectivity index (χ1v) is 6.47. The molecule has 1 N–H and O–H groups in total. The molecule has 1 unspecified atom stereocenters. The number of benzene rings is 1. The summed E-state index contributed by atoms with van der Waals surface area (Å²) in [4.78, 5) is 0. The quantitative estimate of drug-likeness (QED) is 0.897. The van der Waals surface area contributed by atoms with Crippen molar-refractivity contribution in [2.45, 2.75) is 19.9 Å². The smallest absolute Gasteiger partial charge is 0.193 e. The van der Waals surface area contributed by atoms with Crippen molar-refractivity contribution >= 4 is 23.2 Å². The first kappa shape index (κ1) is 13.5. The maximum absolute atomic E-state index is 6.32. The summed E-state index contributed by atoms with van der Waals surface area (Å²) in [5, 5.41) is 4.31. The summed E-state index contributed by atoms with van der Waals surface area (Å²) in [5.74, 6) is 0.757. The maximum atomic E-state index is 6.32. The molecule has 1 heterocycles. The van der Waals surface area contributed by atoms with Crippen molar-refractivity contribution in [1.29, 1.82) is 0 Å². The molecule has 0 amide bonds. The van der Waals surface area contributed by atoms with Gasteiger partial charge in [-0.05, 0) is 67.4 Å². The number of furan rings is 1. The van der Waals surface area contributed by atoms with Crippen LogP contribution in [-0.2, 0) is 0 Å². The van der Waals surface area contributed by atoms with Crippen molar-refractivity contribution in [2.75, 3.05) is 7.05 Å². The van der Waals surface area contributed by atoms with Crippen LogP contribution in [0.2, 0.25) is 10.2 Å². The molecule has 4 heteroatoms. The highest BCUT2D eigenvalue weighted by Gasteiger charge is 2.19. The van der Waals surface area contributed by atoms with Gasteiger partial charge in [-0.3, -0.25) is 0 Å². The Labute approximate surface area is 117 Å². The minimum absolute atomic E-state index is 0.0932. The highest BCUT2D eigenvalue weighted by Crippen LogP contribution is 2.32. The predicted octanol–water partition coefficient (Wildman–Crippen LogP) is 4.51. The summed E-state index contributed by atoms with van der Waals surface area (Å²) in [6.45, 7) is 4.11. The zero-order valence-corrected chi connectivity index (χ0v) is 12.1. The normalized spacial score (nSPS) is 12.7. The van der Waals surface area contributed by atoms with Gasteiger partial charge in [-0.25, -0.2) is 0 Å². The van der Waals surface area contributed by atoms with E-state index in [9.17, 15) is 0 Å². The van der Waals surface area contributed by atoms with Gasteiger partial charge in [0.15, 0.2) is 5.22 Å². The molecule has 0 radical (unpaired) electrons. The standard InChI is InChI=1S/C14H15Cl2NO/c1-8-6-10(11(15)7-9(8)2)14(17-3)12-4-5-13(16)18-12/h4-7,14,17H,1-3H3. The van der Waals surface area contributed by atoms with Gasteiger partial charge in [0.2, 0.25) is 0 Å². The average Bonchev–Trinajstić information content (AvgIpc) is 2.73. The SMILES string of the molecule is CNC(c1ccc(Cl)o1)c1cc(C)c(C)cc1Cl. The third kappa shape index (κ3) is 2.56. The lowest BCUT2D eigenvalue weighted by molar-refractivity contribution is 0.465. The molecule has 0 aliphatic rings. The Morgan fingerprint density at radius 2 is 1.78 bits per heavy atom. The molecule has 1 aromatic carbocycles. The molecule has 2 aromatic rings. The fourth-order valence-electron chi connectivity index (χ4n) is 1.96. The van der Waals surface area contributed by atoms with E-state index in [4.69, 9.17) is 27.6 Å². The van der Waals surface area contributed by atoms with E-state index >= 15 is 0 Å². The first-order valence-electron chi connectivity index (χ1n) is 5.72. The molecule has 1 atom stereocenters. The highest BCUT2D eigenvalue weighted by atomic mass is 35.5. The monoisotopic (exact) mass is 283 g/mol. The van der Waals surface area contributed by atoms with Gasteiger partial charge in [-0.2, -0.15) is 0 Å². The molecule has 0 saturated carbocycles. The Balaban J connectivity index is 2.48. The van der Waals surface area contributed by atoms with Gasteiger partial charge in [-0.15, -0.1) is 0 Å². The zero-order valence-electron chi connectivity index (χ0n) is 10.6. The van der Waals surface area contributed by atoms with Crippen molar-refractivity contribution < 1.29 is 4.42 Å². The number of hydrogen-bond acceptors (Lipinski definition) is 2. The van der Waals surface area contributed by atoms with Crippen molar-refractivity contribution in [3.8, 4) is 0 Å². The van der Waals surface area contributed by atoms with Crippen LogP contribution in [0.3, 0.4) is 0 Å². The van der Waals surface area contributed by atoms with Crippen molar-refractivity contribution in [3.63, 3.8) is 0 Å². The molecular formula is C14H15Cl2NO. The summed E-state index contributed by atoms with van der Waals surface area (Å²) < 4.78 is 5.46. The third-order valence-corrected chi connectivity index (χ3v) is 3.62. The van der Waals surface area contributed by atoms with Crippen LogP contribution in [0.25, 0.3) is 0 Å². The lowest BCUT2D eigenvalue weighted by atomic mass is 9.99. The van der Waals surface area contributed by atoms with Crippen LogP contribution in [0.1, 0.15) is 28.5 Å². The minimum Gasteiger partial charge on any atom is -0.448 e. The third-order valence-electron chi connectivity index (χ3n) is 3.09. The van der Waals surface area contributed by atoms with Gasteiger partial charge in [0, 0.05) is 5.02 Å². The Morgan fingerprint density at radius 3 is 2.33 bits per heavy atom. The number of aryl methyl sites for hydroxylation is 2. The first-order chi connectivity index (χ1) is 8.52. The van der Waals surface area contributed by atoms with Crippen LogP contribution in [-0.4, -0.2) is 7.05 Å². The number of rotatable bonds is 3. The van der Waals surface area contributed by atoms with Crippen LogP contribution >= 0.6 is 23.2 Å². The molecule has 1 aromatic heterocycles. The molecule has 96 valence electrons. The maximum Gasteiger partial charge on any atom is 0.193 e. The van der Waals surface area contributed by atoms with Gasteiger partial charge in [0.05, 0.1) is 6.04 Å². The van der Waals surface area contributed by atoms with E-state index in [-0.39, 0.29) is 6.04 Å². The second kappa shape index (κ2) is 5.35. The molecule has 2 nitrogen and oxygen atoms in total. The molecule has 18 heavy (non-hydrogen) atoms. The summed E-state index contributed by atoms with van der Waals surface area (Å²) >= 11 is 12.1. The number of hydrogen-bond donors (Lipinski definition) is 1. The fourth-order valence-corrected chi connectivity index (χ4v) is 2.44. The van der Waals surface area contributed by atoms with Crippen LogP contribution in [0, 0.1) is 13.8 Å². The van der Waals surface area contributed by atoms with Crippen molar-refractivity contribution in [1.82, 2.24) is 5.32 Å². The van der Waals surface area contributed by atoms with E-state index < -0.39 is 0 Å². The fraction of sp³-hybridized carbons (Fsp3) is 0.286. The Hall–Kier alpha value is -0.960. The minimum atomic E-state index is -0.0932. The van der Waals surface area contributed by atoms with E-state index in [0.29, 0.717) is 5.22 Å². The van der Waals surface area contributed by atoms with Gasteiger partial charge >= 0.3 is 0 Å². The van der Waals surface area contributed by atoms with Gasteiger partial charge in [-0.1, -0.05) is 17.7 Å². The number of nitrogens with one attached hydrogen (secondary N) is 1. The lowest BCUT2D eigenvalue weighted by Crippen LogP contribution is -2.17. The van der Waals surface area contributed by atoms with E-state index in [1.807, 2.05) is 26.1 Å². The van der Waals surface area contributed by atoms with Crippen molar-refractivity contribution in [3.05, 3.63) is 57.0 Å². The summed E-state index contributed by atoms with van der Waals surface area (Å²) in [6.07, 6.45) is 0. The van der Waals surface area contributed by atoms with Crippen LogP contribution in [0.5, 0.6) is 0 Å². The topological polar surface area (TPSA) is 25.2 Å². The Kier molecular flexibility index (Phi) is 4.00. The zero-order chi connectivity index (χ0) is 13.3. The number of halogens is 2. The van der Waals surface area contributed by atoms with E-state index in [2.05, 4.69) is 18.3 Å². The van der Waals surface area contributed by atoms with Gasteiger partial charge in [0.25, 0.3) is 0 Å². The Bertz CT molecular complexity index is 563. The van der Waals surface area contributed by atoms with Crippen molar-refractivity contribution in [2.24, 2.45) is 0 Å².